The third-order valence-electron chi connectivity index (χ3n) is 1.68. The zero-order valence-electron chi connectivity index (χ0n) is 7.31. The second-order valence-corrected chi connectivity index (χ2v) is 2.76. The molecule has 1 aromatic carbocycles. The van der Waals surface area contributed by atoms with E-state index < -0.39 is 28.9 Å². The van der Waals surface area contributed by atoms with Gasteiger partial charge in [0.05, 0.1) is 18.6 Å². The zero-order valence-corrected chi connectivity index (χ0v) is 8.07. The molecule has 0 amide bonds. The van der Waals surface area contributed by atoms with E-state index in [0.29, 0.717) is 0 Å². The molecule has 0 bridgehead atoms. The molecule has 0 saturated carbocycles. The molecule has 0 heterocycles. The number of halogens is 3. The summed E-state index contributed by atoms with van der Waals surface area (Å²) in [6, 6.07) is 2.07. The first-order valence-corrected chi connectivity index (χ1v) is 4.26. The molecule has 5 heteroatoms. The summed E-state index contributed by atoms with van der Waals surface area (Å²) < 4.78 is 31.0. The topological polar surface area (TPSA) is 26.3 Å². The quantitative estimate of drug-likeness (QED) is 0.578. The number of hydrogen-bond donors (Lipinski definition) is 0. The predicted molar refractivity (Wildman–Crippen MR) is 48.0 cm³/mol. The van der Waals surface area contributed by atoms with E-state index >= 15 is 0 Å². The number of rotatable bonds is 3. The first-order chi connectivity index (χ1) is 6.61. The highest BCUT2D eigenvalue weighted by atomic mass is 35.5. The van der Waals surface area contributed by atoms with Crippen LogP contribution in [-0.2, 0) is 0 Å². The van der Waals surface area contributed by atoms with Crippen LogP contribution < -0.4 is 4.74 Å². The minimum atomic E-state index is -1.02. The average Bonchev–Trinajstić information content (AvgIpc) is 2.18. The molecule has 0 saturated heterocycles. The zero-order chi connectivity index (χ0) is 10.7. The fraction of sp³-hybridized carbons (Fsp3) is 0.222. The predicted octanol–water partition coefficient (Wildman–Crippen LogP) is 2.39. The van der Waals surface area contributed by atoms with Crippen molar-refractivity contribution in [3.8, 4) is 5.75 Å². The van der Waals surface area contributed by atoms with Gasteiger partial charge in [-0.2, -0.15) is 0 Å². The number of alkyl halides is 1. The Labute approximate surface area is 84.4 Å². The number of ether oxygens (including phenoxy) is 1. The summed E-state index contributed by atoms with van der Waals surface area (Å²) in [6.45, 7) is 0. The second-order valence-electron chi connectivity index (χ2n) is 2.50. The minimum absolute atomic E-state index is 0.181. The fourth-order valence-corrected chi connectivity index (χ4v) is 1.15. The average molecular weight is 221 g/mol. The number of Topliss-reactive ketones (excluding diaryl/α,β-unsaturated/α-hetero) is 1. The standard InChI is InChI=1S/C9H7ClF2O2/c1-14-7-3-2-5(11)8(9(7)12)6(13)4-10/h2-3H,4H2,1H3. The van der Waals surface area contributed by atoms with Gasteiger partial charge in [-0.1, -0.05) is 0 Å². The minimum Gasteiger partial charge on any atom is -0.494 e. The van der Waals surface area contributed by atoms with E-state index in [9.17, 15) is 13.6 Å². The Balaban J connectivity index is 3.32. The van der Waals surface area contributed by atoms with Crippen molar-refractivity contribution in [2.24, 2.45) is 0 Å². The summed E-state index contributed by atoms with van der Waals surface area (Å²) in [7, 11) is 1.23. The van der Waals surface area contributed by atoms with E-state index in [0.717, 1.165) is 12.1 Å². The van der Waals surface area contributed by atoms with Gasteiger partial charge in [-0.3, -0.25) is 4.79 Å². The molecular formula is C9H7ClF2O2. The third-order valence-corrected chi connectivity index (χ3v) is 1.92. The van der Waals surface area contributed by atoms with Gasteiger partial charge in [0.25, 0.3) is 0 Å². The Hall–Kier alpha value is -1.16. The van der Waals surface area contributed by atoms with Crippen molar-refractivity contribution in [2.45, 2.75) is 0 Å². The van der Waals surface area contributed by atoms with E-state index in [1.807, 2.05) is 0 Å². The van der Waals surface area contributed by atoms with Gasteiger partial charge in [-0.25, -0.2) is 8.78 Å². The molecular weight excluding hydrogens is 214 g/mol. The summed E-state index contributed by atoms with van der Waals surface area (Å²) in [5, 5.41) is 0. The van der Waals surface area contributed by atoms with Crippen LogP contribution in [0.1, 0.15) is 10.4 Å². The van der Waals surface area contributed by atoms with Crippen molar-refractivity contribution < 1.29 is 18.3 Å². The third kappa shape index (κ3) is 1.85. The van der Waals surface area contributed by atoms with Crippen LogP contribution in [-0.4, -0.2) is 18.8 Å². The lowest BCUT2D eigenvalue weighted by Crippen LogP contribution is -2.08. The van der Waals surface area contributed by atoms with Crippen molar-refractivity contribution >= 4 is 17.4 Å². The molecule has 2 nitrogen and oxygen atoms in total. The smallest absolute Gasteiger partial charge is 0.183 e. The normalized spacial score (nSPS) is 10.0. The SMILES string of the molecule is COc1ccc(F)c(C(=O)CCl)c1F. The number of ketones is 1. The van der Waals surface area contributed by atoms with Gasteiger partial charge in [0.1, 0.15) is 5.82 Å². The summed E-state index contributed by atoms with van der Waals surface area (Å²) in [6.07, 6.45) is 0. The van der Waals surface area contributed by atoms with Crippen LogP contribution in [0.4, 0.5) is 8.78 Å². The van der Waals surface area contributed by atoms with Crippen molar-refractivity contribution in [1.82, 2.24) is 0 Å². The lowest BCUT2D eigenvalue weighted by molar-refractivity contribution is 0.101. The first kappa shape index (κ1) is 10.9. The van der Waals surface area contributed by atoms with Gasteiger partial charge in [0, 0.05) is 0 Å². The fourth-order valence-electron chi connectivity index (χ4n) is 1.01. The lowest BCUT2D eigenvalue weighted by atomic mass is 10.1. The molecule has 0 aromatic heterocycles. The largest absolute Gasteiger partial charge is 0.494 e. The Morgan fingerprint density at radius 1 is 1.50 bits per heavy atom. The van der Waals surface area contributed by atoms with Crippen LogP contribution in [0, 0.1) is 11.6 Å². The molecule has 0 unspecified atom stereocenters. The first-order valence-electron chi connectivity index (χ1n) is 3.73. The summed E-state index contributed by atoms with van der Waals surface area (Å²) in [4.78, 5) is 11.1. The number of methoxy groups -OCH3 is 1. The van der Waals surface area contributed by atoms with Crippen LogP contribution in [0.5, 0.6) is 5.75 Å². The highest BCUT2D eigenvalue weighted by Gasteiger charge is 2.19. The molecule has 1 aromatic rings. The molecule has 0 aliphatic rings. The number of hydrogen-bond acceptors (Lipinski definition) is 2. The molecule has 76 valence electrons. The van der Waals surface area contributed by atoms with Gasteiger partial charge in [0.2, 0.25) is 0 Å². The van der Waals surface area contributed by atoms with Crippen LogP contribution in [0.2, 0.25) is 0 Å². The molecule has 0 aliphatic carbocycles. The van der Waals surface area contributed by atoms with Gasteiger partial charge in [0.15, 0.2) is 17.3 Å². The Kier molecular flexibility index (Phi) is 3.41. The van der Waals surface area contributed by atoms with E-state index in [4.69, 9.17) is 11.6 Å². The highest BCUT2D eigenvalue weighted by Crippen LogP contribution is 2.23. The summed E-state index contributed by atoms with van der Waals surface area (Å²) in [5.74, 6) is -3.41. The maximum Gasteiger partial charge on any atom is 0.183 e. The monoisotopic (exact) mass is 220 g/mol. The van der Waals surface area contributed by atoms with E-state index in [1.54, 1.807) is 0 Å². The molecule has 0 radical (unpaired) electrons. The van der Waals surface area contributed by atoms with Crippen LogP contribution in [0.3, 0.4) is 0 Å². The molecule has 0 atom stereocenters. The van der Waals surface area contributed by atoms with Gasteiger partial charge >= 0.3 is 0 Å². The van der Waals surface area contributed by atoms with Crippen molar-refractivity contribution in [2.75, 3.05) is 13.0 Å². The Morgan fingerprint density at radius 2 is 2.14 bits per heavy atom. The van der Waals surface area contributed by atoms with Crippen LogP contribution >= 0.6 is 11.6 Å². The van der Waals surface area contributed by atoms with Crippen LogP contribution in [0.25, 0.3) is 0 Å². The highest BCUT2D eigenvalue weighted by molar-refractivity contribution is 6.30. The van der Waals surface area contributed by atoms with Gasteiger partial charge in [-0.05, 0) is 12.1 Å². The maximum atomic E-state index is 13.3. The van der Waals surface area contributed by atoms with Crippen molar-refractivity contribution in [3.05, 3.63) is 29.3 Å². The van der Waals surface area contributed by atoms with Crippen LogP contribution in [0.15, 0.2) is 12.1 Å². The summed E-state index contributed by atoms with van der Waals surface area (Å²) >= 11 is 5.20. The van der Waals surface area contributed by atoms with E-state index in [-0.39, 0.29) is 5.75 Å². The van der Waals surface area contributed by atoms with Crippen molar-refractivity contribution in [3.63, 3.8) is 0 Å². The summed E-state index contributed by atoms with van der Waals surface area (Å²) in [5.41, 5.74) is -0.653. The molecule has 14 heavy (non-hydrogen) atoms. The molecule has 0 spiro atoms. The lowest BCUT2D eigenvalue weighted by Gasteiger charge is -2.06. The molecule has 0 fully saturated rings. The maximum absolute atomic E-state index is 13.3. The van der Waals surface area contributed by atoms with E-state index in [2.05, 4.69) is 4.74 Å². The molecule has 0 N–H and O–H groups in total. The molecule has 1 rings (SSSR count). The number of carbonyl (C=O) groups excluding carboxylic acids is 1. The second kappa shape index (κ2) is 4.37. The van der Waals surface area contributed by atoms with Crippen molar-refractivity contribution in [1.29, 1.82) is 0 Å². The molecule has 0 aliphatic heterocycles. The number of carbonyl (C=O) groups is 1. The van der Waals surface area contributed by atoms with Gasteiger partial charge in [-0.15, -0.1) is 11.6 Å². The van der Waals surface area contributed by atoms with E-state index in [1.165, 1.54) is 7.11 Å². The Bertz CT molecular complexity index is 366. The Morgan fingerprint density at radius 3 is 2.64 bits per heavy atom. The number of benzene rings is 1. The van der Waals surface area contributed by atoms with Gasteiger partial charge < -0.3 is 4.74 Å².